The van der Waals surface area contributed by atoms with Crippen molar-refractivity contribution in [3.05, 3.63) is 41.0 Å². The van der Waals surface area contributed by atoms with Gasteiger partial charge in [-0.1, -0.05) is 5.16 Å². The Kier molecular flexibility index (Phi) is 3.16. The van der Waals surface area contributed by atoms with Crippen LogP contribution in [0.4, 0.5) is 0 Å². The molecule has 0 atom stereocenters. The molecule has 0 aliphatic heterocycles. The Morgan fingerprint density at radius 2 is 1.83 bits per heavy atom. The van der Waals surface area contributed by atoms with Crippen LogP contribution < -0.4 is 0 Å². The van der Waals surface area contributed by atoms with Crippen LogP contribution in [0.25, 0.3) is 33.8 Å². The maximum atomic E-state index is 5.05. The number of aromatic amines is 1. The van der Waals surface area contributed by atoms with Crippen molar-refractivity contribution in [3.8, 4) is 22.8 Å². The molecule has 4 aromatic rings. The number of hydrogen-bond acceptors (Lipinski definition) is 6. The summed E-state index contributed by atoms with van der Waals surface area (Å²) in [6.45, 7) is 7.88. The van der Waals surface area contributed by atoms with E-state index < -0.39 is 0 Å². The molecule has 0 bridgehead atoms. The van der Waals surface area contributed by atoms with Crippen molar-refractivity contribution >= 4 is 11.0 Å². The van der Waals surface area contributed by atoms with Gasteiger partial charge < -0.3 is 4.52 Å². The molecule has 4 aromatic heterocycles. The molecular formula is C17H16N6O. The molecule has 4 rings (SSSR count). The number of nitrogens with zero attached hydrogens (tertiary/aromatic N) is 5. The minimum Gasteiger partial charge on any atom is -0.339 e. The van der Waals surface area contributed by atoms with Crippen LogP contribution in [-0.4, -0.2) is 30.3 Å². The van der Waals surface area contributed by atoms with Gasteiger partial charge in [0.1, 0.15) is 16.7 Å². The number of pyridine rings is 2. The van der Waals surface area contributed by atoms with Crippen LogP contribution in [0, 0.1) is 27.7 Å². The van der Waals surface area contributed by atoms with Gasteiger partial charge in [0, 0.05) is 24.4 Å². The van der Waals surface area contributed by atoms with Gasteiger partial charge >= 0.3 is 0 Å². The van der Waals surface area contributed by atoms with Crippen LogP contribution >= 0.6 is 0 Å². The van der Waals surface area contributed by atoms with Gasteiger partial charge in [-0.2, -0.15) is 10.1 Å². The van der Waals surface area contributed by atoms with Gasteiger partial charge in [-0.05, 0) is 44.0 Å². The van der Waals surface area contributed by atoms with Gasteiger partial charge in [-0.3, -0.25) is 10.1 Å². The van der Waals surface area contributed by atoms with Crippen LogP contribution in [0.5, 0.6) is 0 Å². The molecular weight excluding hydrogens is 304 g/mol. The van der Waals surface area contributed by atoms with Crippen molar-refractivity contribution in [2.24, 2.45) is 0 Å². The Morgan fingerprint density at radius 3 is 2.58 bits per heavy atom. The number of nitrogens with one attached hydrogen (secondary N) is 1. The average Bonchev–Trinajstić information content (AvgIpc) is 3.19. The smallest absolute Gasteiger partial charge is 0.223 e. The molecule has 0 radical (unpaired) electrons. The molecule has 0 fully saturated rings. The lowest BCUT2D eigenvalue weighted by atomic mass is 10.1. The monoisotopic (exact) mass is 320 g/mol. The molecule has 7 heteroatoms. The number of H-pyrrole nitrogens is 1. The molecule has 0 aromatic carbocycles. The van der Waals surface area contributed by atoms with Crippen molar-refractivity contribution < 1.29 is 4.52 Å². The van der Waals surface area contributed by atoms with Gasteiger partial charge in [-0.25, -0.2) is 4.98 Å². The second-order valence-corrected chi connectivity index (χ2v) is 5.81. The first-order valence-corrected chi connectivity index (χ1v) is 7.63. The summed E-state index contributed by atoms with van der Waals surface area (Å²) in [7, 11) is 0. The summed E-state index contributed by atoms with van der Waals surface area (Å²) in [6, 6.07) is 3.75. The molecule has 24 heavy (non-hydrogen) atoms. The first kappa shape index (κ1) is 14.5. The quantitative estimate of drug-likeness (QED) is 0.609. The topological polar surface area (TPSA) is 93.4 Å². The third-order valence-electron chi connectivity index (χ3n) is 4.28. The molecule has 1 N–H and O–H groups in total. The fourth-order valence-electron chi connectivity index (χ4n) is 2.71. The molecule has 4 heterocycles. The molecule has 0 amide bonds. The van der Waals surface area contributed by atoms with E-state index >= 15 is 0 Å². The van der Waals surface area contributed by atoms with E-state index in [4.69, 9.17) is 9.51 Å². The minimum absolute atomic E-state index is 0.527. The summed E-state index contributed by atoms with van der Waals surface area (Å²) in [5.41, 5.74) is 7.34. The van der Waals surface area contributed by atoms with E-state index in [0.29, 0.717) is 11.7 Å². The van der Waals surface area contributed by atoms with Gasteiger partial charge in [0.2, 0.25) is 11.7 Å². The highest BCUT2D eigenvalue weighted by atomic mass is 16.5. The maximum Gasteiger partial charge on any atom is 0.223 e. The molecule has 0 saturated carbocycles. The SMILES string of the molecule is Cc1nc(-c2ccnc(-c3[nH]nc4c(C)c(C)c(C)nc34)c2)no1. The summed E-state index contributed by atoms with van der Waals surface area (Å²) in [5, 5.41) is 11.5. The first-order valence-electron chi connectivity index (χ1n) is 7.63. The Morgan fingerprint density at radius 1 is 1.00 bits per heavy atom. The van der Waals surface area contributed by atoms with Crippen molar-refractivity contribution in [1.29, 1.82) is 0 Å². The Labute approximate surface area is 138 Å². The highest BCUT2D eigenvalue weighted by molar-refractivity contribution is 5.91. The molecule has 0 aliphatic rings. The zero-order valence-corrected chi connectivity index (χ0v) is 13.9. The van der Waals surface area contributed by atoms with Crippen molar-refractivity contribution in [1.82, 2.24) is 30.3 Å². The predicted octanol–water partition coefficient (Wildman–Crippen LogP) is 3.30. The van der Waals surface area contributed by atoms with E-state index in [1.807, 2.05) is 19.1 Å². The Hall–Kier alpha value is -3.09. The van der Waals surface area contributed by atoms with Crippen LogP contribution in [0.3, 0.4) is 0 Å². The van der Waals surface area contributed by atoms with Crippen LogP contribution in [-0.2, 0) is 0 Å². The van der Waals surface area contributed by atoms with E-state index in [1.165, 1.54) is 0 Å². The summed E-state index contributed by atoms with van der Waals surface area (Å²) >= 11 is 0. The third-order valence-corrected chi connectivity index (χ3v) is 4.28. The largest absolute Gasteiger partial charge is 0.339 e. The number of hydrogen-bond donors (Lipinski definition) is 1. The highest BCUT2D eigenvalue weighted by Gasteiger charge is 2.16. The van der Waals surface area contributed by atoms with E-state index in [2.05, 4.69) is 39.2 Å². The Bertz CT molecular complexity index is 1060. The summed E-state index contributed by atoms with van der Waals surface area (Å²) < 4.78 is 5.05. The maximum absolute atomic E-state index is 5.05. The molecule has 0 saturated heterocycles. The molecule has 0 spiro atoms. The number of rotatable bonds is 2. The van der Waals surface area contributed by atoms with Gasteiger partial charge in [0.15, 0.2) is 0 Å². The number of fused-ring (bicyclic) bond motifs is 1. The molecule has 0 unspecified atom stereocenters. The summed E-state index contributed by atoms with van der Waals surface area (Å²) in [5.74, 6) is 1.06. The zero-order valence-electron chi connectivity index (χ0n) is 13.9. The highest BCUT2D eigenvalue weighted by Crippen LogP contribution is 2.29. The first-order chi connectivity index (χ1) is 11.5. The standard InChI is InChI=1S/C17H16N6O/c1-8-9(2)14-16(19-10(8)3)15(22-21-14)13-7-12(5-6-18-13)17-20-11(4)24-23-17/h5-7H,1-4H3,(H,21,22). The molecule has 7 nitrogen and oxygen atoms in total. The van der Waals surface area contributed by atoms with E-state index in [0.717, 1.165) is 44.8 Å². The lowest BCUT2D eigenvalue weighted by Gasteiger charge is -2.05. The third kappa shape index (κ3) is 2.17. The van der Waals surface area contributed by atoms with Crippen molar-refractivity contribution in [3.63, 3.8) is 0 Å². The molecule has 0 aliphatic carbocycles. The summed E-state index contributed by atoms with van der Waals surface area (Å²) in [4.78, 5) is 13.4. The van der Waals surface area contributed by atoms with Crippen LogP contribution in [0.1, 0.15) is 22.7 Å². The molecule has 120 valence electrons. The van der Waals surface area contributed by atoms with Crippen molar-refractivity contribution in [2.45, 2.75) is 27.7 Å². The summed E-state index contributed by atoms with van der Waals surface area (Å²) in [6.07, 6.45) is 1.72. The Balaban J connectivity index is 1.89. The lowest BCUT2D eigenvalue weighted by molar-refractivity contribution is 0.394. The lowest BCUT2D eigenvalue weighted by Crippen LogP contribution is -1.93. The fourth-order valence-corrected chi connectivity index (χ4v) is 2.71. The number of aromatic nitrogens is 6. The fraction of sp³-hybridized carbons (Fsp3) is 0.235. The van der Waals surface area contributed by atoms with E-state index in [9.17, 15) is 0 Å². The number of aryl methyl sites for hydroxylation is 3. The van der Waals surface area contributed by atoms with E-state index in [-0.39, 0.29) is 0 Å². The van der Waals surface area contributed by atoms with Crippen LogP contribution in [0.15, 0.2) is 22.9 Å². The minimum atomic E-state index is 0.527. The normalized spacial score (nSPS) is 11.3. The van der Waals surface area contributed by atoms with Crippen LogP contribution in [0.2, 0.25) is 0 Å². The predicted molar refractivity (Wildman–Crippen MR) is 89.4 cm³/mol. The zero-order chi connectivity index (χ0) is 16.8. The van der Waals surface area contributed by atoms with Gasteiger partial charge in [0.05, 0.1) is 5.69 Å². The van der Waals surface area contributed by atoms with Gasteiger partial charge in [0.25, 0.3) is 0 Å². The van der Waals surface area contributed by atoms with Gasteiger partial charge in [-0.15, -0.1) is 0 Å². The van der Waals surface area contributed by atoms with Crippen molar-refractivity contribution in [2.75, 3.05) is 0 Å². The van der Waals surface area contributed by atoms with E-state index in [1.54, 1.807) is 13.1 Å². The second-order valence-electron chi connectivity index (χ2n) is 5.81. The average molecular weight is 320 g/mol. The second kappa shape index (κ2) is 5.23.